The van der Waals surface area contributed by atoms with Gasteiger partial charge < -0.3 is 5.32 Å². The number of hydrogen-bond acceptors (Lipinski definition) is 6. The zero-order valence-electron chi connectivity index (χ0n) is 13.0. The second-order valence-corrected chi connectivity index (χ2v) is 6.69. The molecule has 0 unspecified atom stereocenters. The number of thioether (sulfide) groups is 1. The summed E-state index contributed by atoms with van der Waals surface area (Å²) in [6.07, 6.45) is 0. The first-order valence-electron chi connectivity index (χ1n) is 7.13. The van der Waals surface area contributed by atoms with Crippen LogP contribution in [0.5, 0.6) is 0 Å². The van der Waals surface area contributed by atoms with Gasteiger partial charge >= 0.3 is 0 Å². The molecule has 0 aliphatic heterocycles. The molecule has 0 saturated heterocycles. The normalized spacial score (nSPS) is 10.7. The van der Waals surface area contributed by atoms with E-state index in [-0.39, 0.29) is 22.5 Å². The molecular formula is C15H12Cl2N6OS. The highest BCUT2D eigenvalue weighted by molar-refractivity contribution is 7.99. The molecule has 2 heterocycles. The lowest BCUT2D eigenvalue weighted by Crippen LogP contribution is -2.16. The average Bonchev–Trinajstić information content (AvgIpc) is 3.07. The second kappa shape index (κ2) is 7.81. The zero-order valence-corrected chi connectivity index (χ0v) is 15.3. The molecule has 0 atom stereocenters. The number of amides is 1. The monoisotopic (exact) mass is 394 g/mol. The van der Waals surface area contributed by atoms with Crippen molar-refractivity contribution in [3.8, 4) is 5.69 Å². The summed E-state index contributed by atoms with van der Waals surface area (Å²) in [7, 11) is 0. The van der Waals surface area contributed by atoms with Crippen molar-refractivity contribution in [1.82, 2.24) is 25.2 Å². The van der Waals surface area contributed by atoms with E-state index in [1.165, 1.54) is 11.8 Å². The van der Waals surface area contributed by atoms with E-state index >= 15 is 0 Å². The number of hydrogen-bond donors (Lipinski definition) is 1. The number of carbonyl (C=O) groups is 1. The highest BCUT2D eigenvalue weighted by Crippen LogP contribution is 2.26. The summed E-state index contributed by atoms with van der Waals surface area (Å²) in [5.41, 5.74) is 1.40. The van der Waals surface area contributed by atoms with Crippen LogP contribution < -0.4 is 5.32 Å². The van der Waals surface area contributed by atoms with Crippen LogP contribution in [0, 0.1) is 6.92 Å². The van der Waals surface area contributed by atoms with Crippen LogP contribution in [0.15, 0.2) is 41.6 Å². The minimum Gasteiger partial charge on any atom is -0.309 e. The number of para-hydroxylation sites is 1. The summed E-state index contributed by atoms with van der Waals surface area (Å²) in [6, 6.07) is 11.0. The van der Waals surface area contributed by atoms with Crippen LogP contribution in [0.1, 0.15) is 5.69 Å². The van der Waals surface area contributed by atoms with Crippen molar-refractivity contribution in [1.29, 1.82) is 0 Å². The van der Waals surface area contributed by atoms with Crippen LogP contribution in [-0.4, -0.2) is 36.9 Å². The van der Waals surface area contributed by atoms with Crippen LogP contribution in [0.25, 0.3) is 5.69 Å². The van der Waals surface area contributed by atoms with Gasteiger partial charge in [0, 0.05) is 0 Å². The number of tetrazole rings is 1. The highest BCUT2D eigenvalue weighted by atomic mass is 35.5. The van der Waals surface area contributed by atoms with Crippen molar-refractivity contribution in [2.75, 3.05) is 11.1 Å². The molecule has 7 nitrogen and oxygen atoms in total. The van der Waals surface area contributed by atoms with Gasteiger partial charge in [-0.25, -0.2) is 4.98 Å². The molecular weight excluding hydrogens is 383 g/mol. The van der Waals surface area contributed by atoms with Gasteiger partial charge in [-0.05, 0) is 35.5 Å². The molecule has 0 aliphatic rings. The van der Waals surface area contributed by atoms with Crippen molar-refractivity contribution in [2.24, 2.45) is 0 Å². The first-order chi connectivity index (χ1) is 12.0. The van der Waals surface area contributed by atoms with Crippen LogP contribution in [0.4, 0.5) is 5.82 Å². The SMILES string of the molecule is Cc1nc(NC(=O)CSc2nnnn2-c2ccccc2)c(Cl)cc1Cl. The number of aromatic nitrogens is 5. The fourth-order valence-electron chi connectivity index (χ4n) is 1.94. The van der Waals surface area contributed by atoms with Gasteiger partial charge in [-0.3, -0.25) is 4.79 Å². The zero-order chi connectivity index (χ0) is 17.8. The standard InChI is InChI=1S/C15H12Cl2N6OS/c1-9-11(16)7-12(17)14(18-9)19-13(24)8-25-15-20-21-22-23(15)10-5-3-2-4-6-10/h2-7H,8H2,1H3,(H,18,19,24). The number of carbonyl (C=O) groups excluding carboxylic acids is 1. The molecule has 0 radical (unpaired) electrons. The number of benzene rings is 1. The lowest BCUT2D eigenvalue weighted by atomic mass is 10.3. The Hall–Kier alpha value is -2.16. The fraction of sp³-hybridized carbons (Fsp3) is 0.133. The Morgan fingerprint density at radius 2 is 2.00 bits per heavy atom. The van der Waals surface area contributed by atoms with Crippen LogP contribution >= 0.6 is 35.0 Å². The Labute approximate surface area is 157 Å². The van der Waals surface area contributed by atoms with Gasteiger partial charge in [0.1, 0.15) is 0 Å². The number of rotatable bonds is 5. The maximum Gasteiger partial charge on any atom is 0.236 e. The molecule has 128 valence electrons. The number of nitrogens with one attached hydrogen (secondary N) is 1. The molecule has 10 heteroatoms. The van der Waals surface area contributed by atoms with Crippen LogP contribution in [-0.2, 0) is 4.79 Å². The second-order valence-electron chi connectivity index (χ2n) is 4.93. The number of pyridine rings is 1. The molecule has 0 saturated carbocycles. The molecule has 3 aromatic rings. The van der Waals surface area contributed by atoms with Gasteiger partial charge in [-0.1, -0.05) is 53.2 Å². The van der Waals surface area contributed by atoms with Gasteiger partial charge in [0.2, 0.25) is 11.1 Å². The summed E-state index contributed by atoms with van der Waals surface area (Å²) in [5, 5.41) is 15.4. The molecule has 25 heavy (non-hydrogen) atoms. The predicted octanol–water partition coefficient (Wildman–Crippen LogP) is 3.40. The molecule has 0 aliphatic carbocycles. The average molecular weight is 395 g/mol. The first-order valence-corrected chi connectivity index (χ1v) is 8.88. The van der Waals surface area contributed by atoms with Crippen molar-refractivity contribution < 1.29 is 4.79 Å². The van der Waals surface area contributed by atoms with Gasteiger partial charge in [0.15, 0.2) is 5.82 Å². The third kappa shape index (κ3) is 4.28. The van der Waals surface area contributed by atoms with Crippen molar-refractivity contribution >= 4 is 46.7 Å². The van der Waals surface area contributed by atoms with Crippen molar-refractivity contribution in [3.05, 3.63) is 52.1 Å². The third-order valence-electron chi connectivity index (χ3n) is 3.14. The van der Waals surface area contributed by atoms with Gasteiger partial charge in [-0.2, -0.15) is 4.68 Å². The van der Waals surface area contributed by atoms with E-state index in [4.69, 9.17) is 23.2 Å². The predicted molar refractivity (Wildman–Crippen MR) is 97.5 cm³/mol. The molecule has 1 N–H and O–H groups in total. The number of aryl methyl sites for hydroxylation is 1. The molecule has 1 amide bonds. The molecule has 2 aromatic heterocycles. The number of anilines is 1. The quantitative estimate of drug-likeness (QED) is 0.667. The molecule has 1 aromatic carbocycles. The van der Waals surface area contributed by atoms with Crippen LogP contribution in [0.2, 0.25) is 10.0 Å². The van der Waals surface area contributed by atoms with E-state index < -0.39 is 0 Å². The maximum absolute atomic E-state index is 12.2. The van der Waals surface area contributed by atoms with E-state index in [9.17, 15) is 4.79 Å². The molecule has 0 fully saturated rings. The fourth-order valence-corrected chi connectivity index (χ4v) is 3.04. The maximum atomic E-state index is 12.2. The molecule has 0 spiro atoms. The smallest absolute Gasteiger partial charge is 0.236 e. The lowest BCUT2D eigenvalue weighted by Gasteiger charge is -2.08. The Morgan fingerprint density at radius 3 is 2.76 bits per heavy atom. The van der Waals surface area contributed by atoms with E-state index in [1.807, 2.05) is 30.3 Å². The number of nitrogens with zero attached hydrogens (tertiary/aromatic N) is 5. The van der Waals surface area contributed by atoms with Crippen molar-refractivity contribution in [3.63, 3.8) is 0 Å². The van der Waals surface area contributed by atoms with Crippen molar-refractivity contribution in [2.45, 2.75) is 12.1 Å². The summed E-state index contributed by atoms with van der Waals surface area (Å²) in [6.45, 7) is 1.73. The Kier molecular flexibility index (Phi) is 5.52. The van der Waals surface area contributed by atoms with E-state index in [1.54, 1.807) is 17.7 Å². The van der Waals surface area contributed by atoms with Crippen LogP contribution in [0.3, 0.4) is 0 Å². The van der Waals surface area contributed by atoms with E-state index in [0.717, 1.165) is 5.69 Å². The molecule has 3 rings (SSSR count). The third-order valence-corrected chi connectivity index (χ3v) is 4.73. The van der Waals surface area contributed by atoms with E-state index in [2.05, 4.69) is 25.8 Å². The highest BCUT2D eigenvalue weighted by Gasteiger charge is 2.14. The van der Waals surface area contributed by atoms with Gasteiger partial charge in [0.05, 0.1) is 27.2 Å². The van der Waals surface area contributed by atoms with Gasteiger partial charge in [0.25, 0.3) is 0 Å². The van der Waals surface area contributed by atoms with E-state index in [0.29, 0.717) is 15.9 Å². The van der Waals surface area contributed by atoms with Gasteiger partial charge in [-0.15, -0.1) is 5.10 Å². The Bertz CT molecular complexity index is 902. The summed E-state index contributed by atoms with van der Waals surface area (Å²) in [4.78, 5) is 16.3. The minimum absolute atomic E-state index is 0.104. The topological polar surface area (TPSA) is 85.6 Å². The Morgan fingerprint density at radius 1 is 1.24 bits per heavy atom. The lowest BCUT2D eigenvalue weighted by molar-refractivity contribution is -0.113. The summed E-state index contributed by atoms with van der Waals surface area (Å²) < 4.78 is 1.57. The number of halogens is 2. The Balaban J connectivity index is 1.66. The summed E-state index contributed by atoms with van der Waals surface area (Å²) in [5.74, 6) is 0.105. The summed E-state index contributed by atoms with van der Waals surface area (Å²) >= 11 is 13.2. The first kappa shape index (κ1) is 17.7. The minimum atomic E-state index is -0.274. The largest absolute Gasteiger partial charge is 0.309 e. The molecule has 0 bridgehead atoms.